The maximum atomic E-state index is 9.95. The van der Waals surface area contributed by atoms with Crippen LogP contribution < -0.4 is 0 Å². The third-order valence-corrected chi connectivity index (χ3v) is 4.76. The van der Waals surface area contributed by atoms with Gasteiger partial charge in [-0.25, -0.2) is 0 Å². The molecule has 0 aromatic rings. The largest absolute Gasteiger partial charge is 0.390 e. The minimum Gasteiger partial charge on any atom is -0.390 e. The van der Waals surface area contributed by atoms with E-state index in [1.807, 2.05) is 13.8 Å². The SMILES string of the molecule is CN1CCN(CCC(C)(C)O)C2(CCCCC2)C1. The Bertz CT molecular complexity index is 266. The van der Waals surface area contributed by atoms with E-state index in [1.54, 1.807) is 0 Å². The van der Waals surface area contributed by atoms with Gasteiger partial charge in [0.15, 0.2) is 0 Å². The van der Waals surface area contributed by atoms with E-state index in [4.69, 9.17) is 0 Å². The minimum atomic E-state index is -0.529. The van der Waals surface area contributed by atoms with E-state index in [1.165, 1.54) is 51.7 Å². The first-order valence-electron chi connectivity index (χ1n) is 7.57. The first-order chi connectivity index (χ1) is 8.41. The number of rotatable bonds is 3. The molecule has 0 radical (unpaired) electrons. The molecule has 0 unspecified atom stereocenters. The van der Waals surface area contributed by atoms with Gasteiger partial charge < -0.3 is 10.0 Å². The summed E-state index contributed by atoms with van der Waals surface area (Å²) in [6.07, 6.45) is 7.76. The molecule has 0 amide bonds. The first-order valence-corrected chi connectivity index (χ1v) is 7.57. The van der Waals surface area contributed by atoms with Crippen LogP contribution in [0.3, 0.4) is 0 Å². The van der Waals surface area contributed by atoms with Crippen molar-refractivity contribution in [3.05, 3.63) is 0 Å². The van der Waals surface area contributed by atoms with Crippen molar-refractivity contribution in [3.63, 3.8) is 0 Å². The Hall–Kier alpha value is -0.120. The average Bonchev–Trinajstić information content (AvgIpc) is 2.27. The van der Waals surface area contributed by atoms with Gasteiger partial charge in [-0.3, -0.25) is 4.90 Å². The molecule has 2 rings (SSSR count). The number of likely N-dealkylation sites (N-methyl/N-ethyl adjacent to an activating group) is 1. The lowest BCUT2D eigenvalue weighted by molar-refractivity contribution is -0.0341. The molecular formula is C15H30N2O. The molecule has 0 atom stereocenters. The monoisotopic (exact) mass is 254 g/mol. The van der Waals surface area contributed by atoms with Crippen LogP contribution >= 0.6 is 0 Å². The zero-order valence-corrected chi connectivity index (χ0v) is 12.4. The van der Waals surface area contributed by atoms with Crippen molar-refractivity contribution < 1.29 is 5.11 Å². The summed E-state index contributed by atoms with van der Waals surface area (Å²) in [5.74, 6) is 0. The average molecular weight is 254 g/mol. The van der Waals surface area contributed by atoms with E-state index in [2.05, 4.69) is 16.8 Å². The van der Waals surface area contributed by atoms with Gasteiger partial charge in [0.05, 0.1) is 5.60 Å². The Morgan fingerprint density at radius 1 is 1.11 bits per heavy atom. The van der Waals surface area contributed by atoms with Crippen molar-refractivity contribution in [2.75, 3.05) is 33.2 Å². The lowest BCUT2D eigenvalue weighted by Crippen LogP contribution is -2.62. The summed E-state index contributed by atoms with van der Waals surface area (Å²) < 4.78 is 0. The summed E-state index contributed by atoms with van der Waals surface area (Å²) in [5.41, 5.74) is -0.115. The second-order valence-corrected chi connectivity index (χ2v) is 7.07. The van der Waals surface area contributed by atoms with Crippen LogP contribution in [0.1, 0.15) is 52.4 Å². The van der Waals surface area contributed by atoms with Crippen molar-refractivity contribution in [1.29, 1.82) is 0 Å². The molecule has 1 spiro atoms. The van der Waals surface area contributed by atoms with E-state index in [-0.39, 0.29) is 0 Å². The second-order valence-electron chi connectivity index (χ2n) is 7.07. The Kier molecular flexibility index (Phi) is 4.35. The molecule has 2 aliphatic rings. The maximum Gasteiger partial charge on any atom is 0.0603 e. The third kappa shape index (κ3) is 3.46. The van der Waals surface area contributed by atoms with Gasteiger partial charge in [-0.1, -0.05) is 19.3 Å². The van der Waals surface area contributed by atoms with Gasteiger partial charge in [0.1, 0.15) is 0 Å². The van der Waals surface area contributed by atoms with E-state index in [0.717, 1.165) is 13.0 Å². The van der Waals surface area contributed by atoms with Crippen molar-refractivity contribution >= 4 is 0 Å². The van der Waals surface area contributed by atoms with Crippen molar-refractivity contribution in [1.82, 2.24) is 9.80 Å². The fourth-order valence-electron chi connectivity index (χ4n) is 3.65. The summed E-state index contributed by atoms with van der Waals surface area (Å²) in [6.45, 7) is 8.48. The number of aliphatic hydroxyl groups is 1. The maximum absolute atomic E-state index is 9.95. The number of nitrogens with zero attached hydrogens (tertiary/aromatic N) is 2. The van der Waals surface area contributed by atoms with Crippen LogP contribution in [0, 0.1) is 0 Å². The minimum absolute atomic E-state index is 0.413. The highest BCUT2D eigenvalue weighted by Crippen LogP contribution is 2.36. The van der Waals surface area contributed by atoms with Crippen molar-refractivity contribution in [2.24, 2.45) is 0 Å². The number of hydrogen-bond donors (Lipinski definition) is 1. The van der Waals surface area contributed by atoms with Crippen LogP contribution in [0.5, 0.6) is 0 Å². The molecule has 3 nitrogen and oxygen atoms in total. The van der Waals surface area contributed by atoms with Crippen LogP contribution in [-0.4, -0.2) is 59.3 Å². The Morgan fingerprint density at radius 3 is 2.39 bits per heavy atom. The molecule has 1 saturated heterocycles. The van der Waals surface area contributed by atoms with Crippen LogP contribution in [-0.2, 0) is 0 Å². The predicted octanol–water partition coefficient (Wildman–Crippen LogP) is 2.10. The molecule has 1 heterocycles. The molecule has 1 N–H and O–H groups in total. The molecule has 0 bridgehead atoms. The van der Waals surface area contributed by atoms with Crippen molar-refractivity contribution in [3.8, 4) is 0 Å². The molecule has 106 valence electrons. The molecule has 1 aliphatic heterocycles. The molecule has 1 aliphatic carbocycles. The quantitative estimate of drug-likeness (QED) is 0.835. The van der Waals surface area contributed by atoms with E-state index < -0.39 is 5.60 Å². The second kappa shape index (κ2) is 5.48. The van der Waals surface area contributed by atoms with Gasteiger partial charge in [-0.2, -0.15) is 0 Å². The van der Waals surface area contributed by atoms with Gasteiger partial charge >= 0.3 is 0 Å². The summed E-state index contributed by atoms with van der Waals surface area (Å²) >= 11 is 0. The highest BCUT2D eigenvalue weighted by Gasteiger charge is 2.41. The van der Waals surface area contributed by atoms with Gasteiger partial charge in [0.2, 0.25) is 0 Å². The lowest BCUT2D eigenvalue weighted by Gasteiger charge is -2.52. The van der Waals surface area contributed by atoms with Crippen LogP contribution in [0.4, 0.5) is 0 Å². The molecule has 0 aromatic carbocycles. The summed E-state index contributed by atoms with van der Waals surface area (Å²) in [4.78, 5) is 5.18. The highest BCUT2D eigenvalue weighted by atomic mass is 16.3. The van der Waals surface area contributed by atoms with Crippen LogP contribution in [0.2, 0.25) is 0 Å². The summed E-state index contributed by atoms with van der Waals surface area (Å²) in [6, 6.07) is 0. The van der Waals surface area contributed by atoms with Gasteiger partial charge in [-0.15, -0.1) is 0 Å². The first kappa shape index (κ1) is 14.3. The van der Waals surface area contributed by atoms with Crippen LogP contribution in [0.15, 0.2) is 0 Å². The molecule has 18 heavy (non-hydrogen) atoms. The fraction of sp³-hybridized carbons (Fsp3) is 1.00. The Morgan fingerprint density at radius 2 is 1.78 bits per heavy atom. The van der Waals surface area contributed by atoms with E-state index in [9.17, 15) is 5.11 Å². The van der Waals surface area contributed by atoms with Crippen LogP contribution in [0.25, 0.3) is 0 Å². The van der Waals surface area contributed by atoms with Gasteiger partial charge in [-0.05, 0) is 40.2 Å². The summed E-state index contributed by atoms with van der Waals surface area (Å²) in [5, 5.41) is 9.95. The zero-order valence-electron chi connectivity index (χ0n) is 12.4. The van der Waals surface area contributed by atoms with Gasteiger partial charge in [0, 0.05) is 31.7 Å². The topological polar surface area (TPSA) is 26.7 Å². The molecule has 1 saturated carbocycles. The van der Waals surface area contributed by atoms with Crippen molar-refractivity contribution in [2.45, 2.75) is 63.5 Å². The molecule has 3 heteroatoms. The van der Waals surface area contributed by atoms with E-state index >= 15 is 0 Å². The third-order valence-electron chi connectivity index (χ3n) is 4.76. The number of hydrogen-bond acceptors (Lipinski definition) is 3. The smallest absolute Gasteiger partial charge is 0.0603 e. The highest BCUT2D eigenvalue weighted by molar-refractivity contribution is 4.98. The molecule has 0 aromatic heterocycles. The van der Waals surface area contributed by atoms with E-state index in [0.29, 0.717) is 5.54 Å². The number of piperazine rings is 1. The molecular weight excluding hydrogens is 224 g/mol. The Balaban J connectivity index is 2.01. The summed E-state index contributed by atoms with van der Waals surface area (Å²) in [7, 11) is 2.25. The predicted molar refractivity (Wildman–Crippen MR) is 75.8 cm³/mol. The normalized spacial score (nSPS) is 26.7. The molecule has 2 fully saturated rings. The fourth-order valence-corrected chi connectivity index (χ4v) is 3.65. The Labute approximate surface area is 112 Å². The zero-order chi connectivity index (χ0) is 13.2. The van der Waals surface area contributed by atoms with Gasteiger partial charge in [0.25, 0.3) is 0 Å². The lowest BCUT2D eigenvalue weighted by atomic mass is 9.78. The standard InChI is InChI=1S/C15H30N2O/c1-14(2,18)9-10-17-12-11-16(3)13-15(17)7-5-4-6-8-15/h18H,4-13H2,1-3H3.